The molecule has 0 heterocycles. The molecule has 20 heavy (non-hydrogen) atoms. The second kappa shape index (κ2) is 14.6. The molecule has 6 heteroatoms. The predicted octanol–water partition coefficient (Wildman–Crippen LogP) is 2.40. The summed E-state index contributed by atoms with van der Waals surface area (Å²) in [5.41, 5.74) is 0. The average Bonchev–Trinajstić information content (AvgIpc) is 2.45. The van der Waals surface area contributed by atoms with Crippen molar-refractivity contribution in [2.45, 2.75) is 39.2 Å². The maximum absolute atomic E-state index is 11.1. The van der Waals surface area contributed by atoms with Crippen LogP contribution < -0.4 is 0 Å². The molecule has 0 aliphatic heterocycles. The molecule has 0 spiro atoms. The third-order valence-electron chi connectivity index (χ3n) is 2.57. The second-order valence-corrected chi connectivity index (χ2v) is 4.27. The van der Waals surface area contributed by atoms with Crippen molar-refractivity contribution in [3.05, 3.63) is 0 Å². The molecular weight excluding hydrogens is 264 g/mol. The Morgan fingerprint density at radius 3 is 2.30 bits per heavy atom. The van der Waals surface area contributed by atoms with E-state index >= 15 is 0 Å². The van der Waals surface area contributed by atoms with Crippen molar-refractivity contribution in [3.63, 3.8) is 0 Å². The fourth-order valence-electron chi connectivity index (χ4n) is 1.33. The molecule has 0 aliphatic rings. The standard InChI is InChI=1S/C14H28O6/c1-4-6-7-18-13(5-2)12-17-9-11-20-14(15)19-10-8-16-3/h13H,4-12H2,1-3H3. The summed E-state index contributed by atoms with van der Waals surface area (Å²) in [6, 6.07) is 0. The van der Waals surface area contributed by atoms with Crippen molar-refractivity contribution in [2.75, 3.05) is 46.8 Å². The number of methoxy groups -OCH3 is 1. The highest BCUT2D eigenvalue weighted by Crippen LogP contribution is 2.01. The van der Waals surface area contributed by atoms with Gasteiger partial charge in [0.25, 0.3) is 0 Å². The van der Waals surface area contributed by atoms with E-state index in [4.69, 9.17) is 23.7 Å². The first-order valence-electron chi connectivity index (χ1n) is 7.22. The highest BCUT2D eigenvalue weighted by atomic mass is 16.7. The molecular formula is C14H28O6. The summed E-state index contributed by atoms with van der Waals surface area (Å²) in [4.78, 5) is 11.1. The quantitative estimate of drug-likeness (QED) is 0.384. The van der Waals surface area contributed by atoms with Gasteiger partial charge in [-0.25, -0.2) is 4.79 Å². The van der Waals surface area contributed by atoms with Gasteiger partial charge in [-0.3, -0.25) is 0 Å². The van der Waals surface area contributed by atoms with Crippen molar-refractivity contribution in [1.82, 2.24) is 0 Å². The van der Waals surface area contributed by atoms with E-state index in [9.17, 15) is 4.79 Å². The molecule has 0 fully saturated rings. The van der Waals surface area contributed by atoms with E-state index in [0.29, 0.717) is 19.8 Å². The Balaban J connectivity index is 3.42. The average molecular weight is 292 g/mol. The van der Waals surface area contributed by atoms with Crippen LogP contribution in [-0.2, 0) is 23.7 Å². The minimum atomic E-state index is -0.697. The first kappa shape index (κ1) is 19.1. The molecule has 0 saturated carbocycles. The van der Waals surface area contributed by atoms with Gasteiger partial charge < -0.3 is 23.7 Å². The molecule has 0 bridgehead atoms. The summed E-state index contributed by atoms with van der Waals surface area (Å²) < 4.78 is 25.4. The minimum Gasteiger partial charge on any atom is -0.432 e. The smallest absolute Gasteiger partial charge is 0.432 e. The van der Waals surface area contributed by atoms with Gasteiger partial charge in [0.15, 0.2) is 0 Å². The Morgan fingerprint density at radius 1 is 1.00 bits per heavy atom. The first-order chi connectivity index (χ1) is 9.74. The van der Waals surface area contributed by atoms with E-state index in [-0.39, 0.29) is 19.3 Å². The van der Waals surface area contributed by atoms with Gasteiger partial charge in [-0.05, 0) is 12.8 Å². The van der Waals surface area contributed by atoms with Crippen LogP contribution in [0.25, 0.3) is 0 Å². The zero-order valence-electron chi connectivity index (χ0n) is 12.9. The number of carbonyl (C=O) groups is 1. The van der Waals surface area contributed by atoms with Crippen molar-refractivity contribution in [2.24, 2.45) is 0 Å². The molecule has 0 rings (SSSR count). The van der Waals surface area contributed by atoms with Crippen molar-refractivity contribution in [1.29, 1.82) is 0 Å². The topological polar surface area (TPSA) is 63.2 Å². The SMILES string of the molecule is CCCCOC(CC)COCCOC(=O)OCCOC. The highest BCUT2D eigenvalue weighted by molar-refractivity contribution is 5.59. The van der Waals surface area contributed by atoms with Gasteiger partial charge in [0.2, 0.25) is 0 Å². The summed E-state index contributed by atoms with van der Waals surface area (Å²) in [5, 5.41) is 0. The van der Waals surface area contributed by atoms with Gasteiger partial charge >= 0.3 is 6.16 Å². The maximum atomic E-state index is 11.1. The maximum Gasteiger partial charge on any atom is 0.508 e. The largest absolute Gasteiger partial charge is 0.508 e. The lowest BCUT2D eigenvalue weighted by Crippen LogP contribution is -2.21. The van der Waals surface area contributed by atoms with Crippen LogP contribution in [0.1, 0.15) is 33.1 Å². The van der Waals surface area contributed by atoms with Crippen LogP contribution in [0.4, 0.5) is 4.79 Å². The number of unbranched alkanes of at least 4 members (excludes halogenated alkanes) is 1. The number of hydrogen-bond acceptors (Lipinski definition) is 6. The van der Waals surface area contributed by atoms with Crippen molar-refractivity contribution < 1.29 is 28.5 Å². The van der Waals surface area contributed by atoms with Crippen LogP contribution in [-0.4, -0.2) is 59.0 Å². The van der Waals surface area contributed by atoms with Gasteiger partial charge in [0.1, 0.15) is 13.2 Å². The monoisotopic (exact) mass is 292 g/mol. The Morgan fingerprint density at radius 2 is 1.70 bits per heavy atom. The normalized spacial score (nSPS) is 12.2. The van der Waals surface area contributed by atoms with E-state index in [1.165, 1.54) is 7.11 Å². The molecule has 0 aliphatic carbocycles. The van der Waals surface area contributed by atoms with Gasteiger partial charge in [0.05, 0.1) is 25.9 Å². The van der Waals surface area contributed by atoms with Gasteiger partial charge in [-0.15, -0.1) is 0 Å². The number of ether oxygens (including phenoxy) is 5. The lowest BCUT2D eigenvalue weighted by molar-refractivity contribution is -0.0330. The molecule has 0 amide bonds. The predicted molar refractivity (Wildman–Crippen MR) is 74.9 cm³/mol. The summed E-state index contributed by atoms with van der Waals surface area (Å²) in [5.74, 6) is 0. The van der Waals surface area contributed by atoms with Crippen LogP contribution >= 0.6 is 0 Å². The minimum absolute atomic E-state index is 0.107. The van der Waals surface area contributed by atoms with Crippen molar-refractivity contribution in [3.8, 4) is 0 Å². The number of carbonyl (C=O) groups excluding carboxylic acids is 1. The van der Waals surface area contributed by atoms with Crippen LogP contribution in [0.2, 0.25) is 0 Å². The van der Waals surface area contributed by atoms with E-state index in [1.54, 1.807) is 0 Å². The fourth-order valence-corrected chi connectivity index (χ4v) is 1.33. The molecule has 120 valence electrons. The van der Waals surface area contributed by atoms with Crippen LogP contribution in [0.5, 0.6) is 0 Å². The van der Waals surface area contributed by atoms with Gasteiger partial charge in [-0.2, -0.15) is 0 Å². The van der Waals surface area contributed by atoms with E-state index < -0.39 is 6.16 Å². The summed E-state index contributed by atoms with van der Waals surface area (Å²) in [7, 11) is 1.54. The van der Waals surface area contributed by atoms with E-state index in [0.717, 1.165) is 25.9 Å². The number of rotatable bonds is 13. The molecule has 1 atom stereocenters. The Labute approximate surface area is 121 Å². The van der Waals surface area contributed by atoms with Gasteiger partial charge in [0, 0.05) is 13.7 Å². The molecule has 0 N–H and O–H groups in total. The van der Waals surface area contributed by atoms with E-state index in [1.807, 2.05) is 0 Å². The van der Waals surface area contributed by atoms with Crippen LogP contribution in [0.3, 0.4) is 0 Å². The first-order valence-corrected chi connectivity index (χ1v) is 7.22. The lowest BCUT2D eigenvalue weighted by Gasteiger charge is -2.16. The summed E-state index contributed by atoms with van der Waals surface area (Å²) >= 11 is 0. The molecule has 6 nitrogen and oxygen atoms in total. The van der Waals surface area contributed by atoms with Crippen molar-refractivity contribution >= 4 is 6.16 Å². The zero-order valence-corrected chi connectivity index (χ0v) is 12.9. The Bertz CT molecular complexity index is 222. The summed E-state index contributed by atoms with van der Waals surface area (Å²) in [6.07, 6.45) is 2.50. The Kier molecular flexibility index (Phi) is 13.9. The molecule has 1 unspecified atom stereocenters. The third-order valence-corrected chi connectivity index (χ3v) is 2.57. The molecule has 0 aromatic heterocycles. The molecule has 0 aromatic carbocycles. The Hall–Kier alpha value is -0.850. The van der Waals surface area contributed by atoms with Crippen LogP contribution in [0.15, 0.2) is 0 Å². The van der Waals surface area contributed by atoms with E-state index in [2.05, 4.69) is 13.8 Å². The molecule has 0 aromatic rings. The third kappa shape index (κ3) is 12.2. The zero-order chi connectivity index (χ0) is 15.1. The van der Waals surface area contributed by atoms with Crippen LogP contribution in [0, 0.1) is 0 Å². The lowest BCUT2D eigenvalue weighted by atomic mass is 10.3. The highest BCUT2D eigenvalue weighted by Gasteiger charge is 2.07. The fraction of sp³-hybridized carbons (Fsp3) is 0.929. The molecule has 0 radical (unpaired) electrons. The van der Waals surface area contributed by atoms with Gasteiger partial charge in [-0.1, -0.05) is 20.3 Å². The molecule has 0 saturated heterocycles. The summed E-state index contributed by atoms with van der Waals surface area (Å²) in [6.45, 7) is 6.54. The second-order valence-electron chi connectivity index (χ2n) is 4.27. The number of hydrogen-bond donors (Lipinski definition) is 0.